The minimum absolute atomic E-state index is 0.0682. The zero-order valence-corrected chi connectivity index (χ0v) is 14.7. The average Bonchev–Trinajstić information content (AvgIpc) is 2.75. The molecule has 0 bridgehead atoms. The van der Waals surface area contributed by atoms with Gasteiger partial charge >= 0.3 is 0 Å². The predicted molar refractivity (Wildman–Crippen MR) is 90.0 cm³/mol. The quantitative estimate of drug-likeness (QED) is 0.812. The minimum Gasteiger partial charge on any atom is -0.327 e. The summed E-state index contributed by atoms with van der Waals surface area (Å²) in [6.45, 7) is 2.50. The number of likely N-dealkylation sites (tertiary alicyclic amines) is 1. The van der Waals surface area contributed by atoms with Gasteiger partial charge < -0.3 is 10.2 Å². The summed E-state index contributed by atoms with van der Waals surface area (Å²) < 4.78 is 25.4. The van der Waals surface area contributed by atoms with Crippen molar-refractivity contribution in [2.45, 2.75) is 30.6 Å². The number of benzene rings is 1. The molecule has 0 atom stereocenters. The van der Waals surface area contributed by atoms with Crippen molar-refractivity contribution in [2.24, 2.45) is 0 Å². The number of quaternary nitrogens is 1. The summed E-state index contributed by atoms with van der Waals surface area (Å²) >= 11 is 0. The fourth-order valence-electron chi connectivity index (χ4n) is 2.78. The van der Waals surface area contributed by atoms with Gasteiger partial charge in [-0.05, 0) is 43.9 Å². The van der Waals surface area contributed by atoms with Gasteiger partial charge in [0.1, 0.15) is 0 Å². The van der Waals surface area contributed by atoms with E-state index in [1.807, 2.05) is 0 Å². The Balaban J connectivity index is 2.01. The number of sulfonamides is 1. The van der Waals surface area contributed by atoms with Crippen LogP contribution in [-0.2, 0) is 14.8 Å². The molecule has 0 aliphatic carbocycles. The first-order chi connectivity index (χ1) is 10.9. The van der Waals surface area contributed by atoms with E-state index >= 15 is 0 Å². The molecule has 1 aliphatic rings. The van der Waals surface area contributed by atoms with Gasteiger partial charge in [0.2, 0.25) is 10.0 Å². The number of rotatable bonds is 5. The lowest BCUT2D eigenvalue weighted by molar-refractivity contribution is -0.890. The Hall–Kier alpha value is -1.44. The molecule has 0 unspecified atom stereocenters. The van der Waals surface area contributed by atoms with Crippen LogP contribution in [0.25, 0.3) is 0 Å². The van der Waals surface area contributed by atoms with Crippen LogP contribution in [0.2, 0.25) is 0 Å². The smallest absolute Gasteiger partial charge is 0.279 e. The second kappa shape index (κ2) is 7.90. The lowest BCUT2D eigenvalue weighted by Crippen LogP contribution is -3.12. The maximum absolute atomic E-state index is 12.2. The van der Waals surface area contributed by atoms with E-state index in [9.17, 15) is 13.2 Å². The van der Waals surface area contributed by atoms with Gasteiger partial charge in [-0.1, -0.05) is 6.07 Å². The van der Waals surface area contributed by atoms with E-state index in [4.69, 9.17) is 0 Å². The first-order valence-corrected chi connectivity index (χ1v) is 9.49. The van der Waals surface area contributed by atoms with E-state index < -0.39 is 10.0 Å². The zero-order chi connectivity index (χ0) is 16.9. The molecule has 0 spiro atoms. The molecule has 0 saturated carbocycles. The maximum atomic E-state index is 12.2. The van der Waals surface area contributed by atoms with Gasteiger partial charge in [0.05, 0.1) is 18.0 Å². The summed E-state index contributed by atoms with van der Waals surface area (Å²) in [5.41, 5.74) is 0.521. The molecule has 0 aromatic heterocycles. The first-order valence-electron chi connectivity index (χ1n) is 8.05. The summed E-state index contributed by atoms with van der Waals surface area (Å²) in [6, 6.07) is 6.39. The number of nitrogens with zero attached hydrogens (tertiary/aromatic N) is 1. The first kappa shape index (κ1) is 17.9. The van der Waals surface area contributed by atoms with E-state index in [1.54, 1.807) is 12.1 Å². The highest BCUT2D eigenvalue weighted by atomic mass is 32.2. The monoisotopic (exact) mass is 340 g/mol. The van der Waals surface area contributed by atoms with Crippen molar-refractivity contribution in [3.05, 3.63) is 24.3 Å². The Kier molecular flexibility index (Phi) is 6.15. The molecular formula is C16H26N3O3S+. The summed E-state index contributed by atoms with van der Waals surface area (Å²) in [5.74, 6) is -0.0682. The largest absolute Gasteiger partial charge is 0.327 e. The van der Waals surface area contributed by atoms with E-state index in [2.05, 4.69) is 5.32 Å². The molecule has 7 heteroatoms. The molecule has 1 aliphatic heterocycles. The van der Waals surface area contributed by atoms with E-state index in [-0.39, 0.29) is 10.8 Å². The third-order valence-corrected chi connectivity index (χ3v) is 5.93. The molecule has 1 amide bonds. The number of nitrogens with one attached hydrogen (secondary N) is 2. The lowest BCUT2D eigenvalue weighted by atomic mass is 10.2. The Morgan fingerprint density at radius 1 is 1.17 bits per heavy atom. The molecule has 1 aromatic carbocycles. The fraction of sp³-hybridized carbons (Fsp3) is 0.562. The van der Waals surface area contributed by atoms with E-state index in [0.717, 1.165) is 17.4 Å². The van der Waals surface area contributed by atoms with Crippen LogP contribution in [0.3, 0.4) is 0 Å². The van der Waals surface area contributed by atoms with Crippen LogP contribution in [-0.4, -0.2) is 52.4 Å². The molecule has 1 saturated heterocycles. The van der Waals surface area contributed by atoms with Crippen LogP contribution in [0.1, 0.15) is 25.7 Å². The van der Waals surface area contributed by atoms with Crippen molar-refractivity contribution in [3.8, 4) is 0 Å². The molecule has 1 fully saturated rings. The maximum Gasteiger partial charge on any atom is 0.279 e. The van der Waals surface area contributed by atoms with Crippen molar-refractivity contribution in [1.82, 2.24) is 4.31 Å². The van der Waals surface area contributed by atoms with Crippen molar-refractivity contribution in [2.75, 3.05) is 39.0 Å². The van der Waals surface area contributed by atoms with Crippen LogP contribution >= 0.6 is 0 Å². The summed E-state index contributed by atoms with van der Waals surface area (Å²) in [4.78, 5) is 13.7. The Labute approximate surface area is 138 Å². The van der Waals surface area contributed by atoms with E-state index in [1.165, 1.54) is 56.8 Å². The van der Waals surface area contributed by atoms with Crippen LogP contribution in [0.4, 0.5) is 5.69 Å². The number of amides is 1. The highest BCUT2D eigenvalue weighted by Gasteiger charge is 2.19. The highest BCUT2D eigenvalue weighted by Crippen LogP contribution is 2.17. The molecule has 2 rings (SSSR count). The third kappa shape index (κ3) is 5.02. The number of carbonyl (C=O) groups excluding carboxylic acids is 1. The normalized spacial score (nSPS) is 17.0. The Bertz CT molecular complexity index is 636. The predicted octanol–water partition coefficient (Wildman–Crippen LogP) is 0.334. The van der Waals surface area contributed by atoms with Gasteiger partial charge in [-0.3, -0.25) is 4.79 Å². The summed E-state index contributed by atoms with van der Waals surface area (Å²) in [6.07, 6.45) is 4.82. The van der Waals surface area contributed by atoms with Gasteiger partial charge in [-0.15, -0.1) is 0 Å². The third-order valence-electron chi connectivity index (χ3n) is 4.12. The molecule has 1 heterocycles. The second-order valence-corrected chi connectivity index (χ2v) is 8.36. The molecule has 6 nitrogen and oxygen atoms in total. The number of anilines is 1. The van der Waals surface area contributed by atoms with Crippen LogP contribution in [0, 0.1) is 0 Å². The SMILES string of the molecule is CN(C)S(=O)(=O)c1cccc(NC(=O)C[NH+]2CCCCCC2)c1. The molecule has 23 heavy (non-hydrogen) atoms. The van der Waals surface area contributed by atoms with Crippen molar-refractivity contribution >= 4 is 21.6 Å². The highest BCUT2D eigenvalue weighted by molar-refractivity contribution is 7.89. The van der Waals surface area contributed by atoms with E-state index in [0.29, 0.717) is 12.2 Å². The Morgan fingerprint density at radius 2 is 1.83 bits per heavy atom. The molecule has 128 valence electrons. The summed E-state index contributed by atoms with van der Waals surface area (Å²) in [7, 11) is -0.512. The topological polar surface area (TPSA) is 70.9 Å². The number of hydrogen-bond acceptors (Lipinski definition) is 3. The molecule has 0 radical (unpaired) electrons. The zero-order valence-electron chi connectivity index (χ0n) is 13.8. The summed E-state index contributed by atoms with van der Waals surface area (Å²) in [5, 5.41) is 2.82. The molecular weight excluding hydrogens is 314 g/mol. The van der Waals surface area contributed by atoms with Crippen LogP contribution in [0.15, 0.2) is 29.2 Å². The van der Waals surface area contributed by atoms with Crippen molar-refractivity contribution < 1.29 is 18.1 Å². The van der Waals surface area contributed by atoms with Crippen molar-refractivity contribution in [3.63, 3.8) is 0 Å². The minimum atomic E-state index is -3.49. The van der Waals surface area contributed by atoms with Crippen LogP contribution in [0.5, 0.6) is 0 Å². The van der Waals surface area contributed by atoms with Gasteiger partial charge in [0, 0.05) is 19.8 Å². The second-order valence-electron chi connectivity index (χ2n) is 6.20. The number of hydrogen-bond donors (Lipinski definition) is 2. The fourth-order valence-corrected chi connectivity index (χ4v) is 3.73. The number of carbonyl (C=O) groups is 1. The average molecular weight is 340 g/mol. The molecule has 1 aromatic rings. The van der Waals surface area contributed by atoms with Gasteiger partial charge in [0.15, 0.2) is 6.54 Å². The van der Waals surface area contributed by atoms with Gasteiger partial charge in [0.25, 0.3) is 5.91 Å². The van der Waals surface area contributed by atoms with Gasteiger partial charge in [-0.25, -0.2) is 12.7 Å². The standard InChI is InChI=1S/C16H25N3O3S/c1-18(2)23(21,22)15-9-7-8-14(12-15)17-16(20)13-19-10-5-3-4-6-11-19/h7-9,12H,3-6,10-11,13H2,1-2H3,(H,17,20)/p+1. The Morgan fingerprint density at radius 3 is 2.43 bits per heavy atom. The lowest BCUT2D eigenvalue weighted by Gasteiger charge is -2.17. The molecule has 2 N–H and O–H groups in total. The van der Waals surface area contributed by atoms with Crippen molar-refractivity contribution in [1.29, 1.82) is 0 Å². The van der Waals surface area contributed by atoms with Crippen LogP contribution < -0.4 is 10.2 Å². The van der Waals surface area contributed by atoms with Gasteiger partial charge in [-0.2, -0.15) is 0 Å².